The number of fused-ring (bicyclic) bond motifs is 1. The number of benzene rings is 2. The molecule has 0 radical (unpaired) electrons. The molecule has 7 nitrogen and oxygen atoms in total. The van der Waals surface area contributed by atoms with Crippen LogP contribution in [0, 0.1) is 6.92 Å². The van der Waals surface area contributed by atoms with Gasteiger partial charge in [-0.2, -0.15) is 0 Å². The minimum Gasteiger partial charge on any atom is -0.378 e. The Labute approximate surface area is 198 Å². The molecule has 1 atom stereocenters. The van der Waals surface area contributed by atoms with Gasteiger partial charge in [-0.05, 0) is 49.4 Å². The van der Waals surface area contributed by atoms with Crippen LogP contribution in [-0.4, -0.2) is 52.7 Å². The summed E-state index contributed by atoms with van der Waals surface area (Å²) < 4.78 is 7.56. The van der Waals surface area contributed by atoms with Crippen molar-refractivity contribution in [3.8, 4) is 5.69 Å². The molecule has 1 saturated heterocycles. The Morgan fingerprint density at radius 2 is 1.91 bits per heavy atom. The Morgan fingerprint density at radius 3 is 2.73 bits per heavy atom. The molecular formula is C25H29N5O2S. The largest absolute Gasteiger partial charge is 0.378 e. The number of carbonyl (C=O) groups excluding carboxylic acids is 1. The van der Waals surface area contributed by atoms with Crippen molar-refractivity contribution in [3.63, 3.8) is 0 Å². The third-order valence-corrected chi connectivity index (χ3v) is 7.17. The third kappa shape index (κ3) is 4.91. The molecule has 2 heterocycles. The van der Waals surface area contributed by atoms with Crippen molar-refractivity contribution in [3.05, 3.63) is 65.2 Å². The molecule has 1 fully saturated rings. The smallest absolute Gasteiger partial charge is 0.232 e. The van der Waals surface area contributed by atoms with Gasteiger partial charge in [-0.15, -0.1) is 10.2 Å². The Kier molecular flexibility index (Phi) is 6.64. The number of hydrogen-bond donors (Lipinski definition) is 1. The summed E-state index contributed by atoms with van der Waals surface area (Å²) >= 11 is 1.43. The van der Waals surface area contributed by atoms with Gasteiger partial charge in [0.05, 0.1) is 30.7 Å². The maximum Gasteiger partial charge on any atom is 0.232 e. The highest BCUT2D eigenvalue weighted by molar-refractivity contribution is 7.99. The van der Waals surface area contributed by atoms with Gasteiger partial charge in [0.25, 0.3) is 0 Å². The minimum atomic E-state index is 0.0214. The molecule has 8 heteroatoms. The molecule has 0 bridgehead atoms. The summed E-state index contributed by atoms with van der Waals surface area (Å²) in [5.74, 6) is 1.12. The lowest BCUT2D eigenvalue weighted by Gasteiger charge is -2.28. The second-order valence-corrected chi connectivity index (χ2v) is 9.50. The number of ether oxygens (including phenoxy) is 1. The molecule has 0 saturated carbocycles. The fourth-order valence-corrected chi connectivity index (χ4v) is 5.27. The van der Waals surface area contributed by atoms with Crippen LogP contribution in [0.25, 0.3) is 5.69 Å². The molecular weight excluding hydrogens is 434 g/mol. The van der Waals surface area contributed by atoms with E-state index < -0.39 is 0 Å². The maximum absolute atomic E-state index is 12.9. The summed E-state index contributed by atoms with van der Waals surface area (Å²) in [6.07, 6.45) is 3.16. The fraction of sp³-hybridized carbons (Fsp3) is 0.400. The van der Waals surface area contributed by atoms with Gasteiger partial charge < -0.3 is 15.0 Å². The van der Waals surface area contributed by atoms with E-state index in [0.717, 1.165) is 49.1 Å². The summed E-state index contributed by atoms with van der Waals surface area (Å²) in [5.41, 5.74) is 4.78. The zero-order chi connectivity index (χ0) is 22.6. The molecule has 1 aromatic heterocycles. The highest BCUT2D eigenvalue weighted by Gasteiger charge is 2.24. The van der Waals surface area contributed by atoms with E-state index in [-0.39, 0.29) is 11.9 Å². The molecule has 1 amide bonds. The van der Waals surface area contributed by atoms with Crippen molar-refractivity contribution in [1.29, 1.82) is 0 Å². The summed E-state index contributed by atoms with van der Waals surface area (Å²) in [7, 11) is 0. The first kappa shape index (κ1) is 22.0. The predicted octanol–water partition coefficient (Wildman–Crippen LogP) is 3.70. The highest BCUT2D eigenvalue weighted by Crippen LogP contribution is 2.30. The summed E-state index contributed by atoms with van der Waals surface area (Å²) in [6.45, 7) is 4.97. The molecule has 2 aliphatic rings. The molecule has 1 N–H and O–H groups in total. The van der Waals surface area contributed by atoms with Gasteiger partial charge >= 0.3 is 0 Å². The number of aromatic nitrogens is 3. The van der Waals surface area contributed by atoms with Gasteiger partial charge in [0, 0.05) is 13.1 Å². The van der Waals surface area contributed by atoms with E-state index in [9.17, 15) is 4.79 Å². The van der Waals surface area contributed by atoms with Gasteiger partial charge in [-0.1, -0.05) is 53.7 Å². The van der Waals surface area contributed by atoms with E-state index in [1.807, 2.05) is 0 Å². The standard InChI is InChI=1S/C25H29N5O2S/c1-18-9-11-20(12-10-18)30-24(29-13-15-32-16-14-29)27-28-25(30)33-17-23(31)26-22-8-4-6-19-5-2-3-7-21(19)22/h2-3,5,7,9-12,22H,4,6,8,13-17H2,1H3,(H,26,31)/t22-/m0/s1. The monoisotopic (exact) mass is 463 g/mol. The van der Waals surface area contributed by atoms with E-state index >= 15 is 0 Å². The topological polar surface area (TPSA) is 72.3 Å². The van der Waals surface area contributed by atoms with Crippen LogP contribution in [0.3, 0.4) is 0 Å². The first-order chi connectivity index (χ1) is 16.2. The molecule has 172 valence electrons. The quantitative estimate of drug-likeness (QED) is 0.562. The number of hydrogen-bond acceptors (Lipinski definition) is 6. The second kappa shape index (κ2) is 9.97. The van der Waals surface area contributed by atoms with Crippen LogP contribution in [0.5, 0.6) is 0 Å². The number of nitrogens with one attached hydrogen (secondary N) is 1. The normalized spacial score (nSPS) is 18.1. The summed E-state index contributed by atoms with van der Waals surface area (Å²) in [6, 6.07) is 16.8. The van der Waals surface area contributed by atoms with Crippen LogP contribution >= 0.6 is 11.8 Å². The van der Waals surface area contributed by atoms with Crippen molar-refractivity contribution in [2.24, 2.45) is 0 Å². The molecule has 1 aliphatic carbocycles. The van der Waals surface area contributed by atoms with Gasteiger partial charge in [0.2, 0.25) is 11.9 Å². The van der Waals surface area contributed by atoms with Crippen LogP contribution in [-0.2, 0) is 16.0 Å². The fourth-order valence-electron chi connectivity index (χ4n) is 4.51. The molecule has 0 unspecified atom stereocenters. The van der Waals surface area contributed by atoms with Crippen LogP contribution in [0.15, 0.2) is 53.7 Å². The lowest BCUT2D eigenvalue weighted by atomic mass is 9.88. The zero-order valence-electron chi connectivity index (χ0n) is 18.9. The average molecular weight is 464 g/mol. The SMILES string of the molecule is Cc1ccc(-n2c(SCC(=O)N[C@H]3CCCc4ccccc43)nnc2N2CCOCC2)cc1. The average Bonchev–Trinajstić information content (AvgIpc) is 3.28. The molecule has 0 spiro atoms. The highest BCUT2D eigenvalue weighted by atomic mass is 32.2. The van der Waals surface area contributed by atoms with Gasteiger partial charge in [-0.25, -0.2) is 0 Å². The molecule has 3 aromatic rings. The van der Waals surface area contributed by atoms with E-state index in [2.05, 4.69) is 80.4 Å². The number of anilines is 1. The van der Waals surface area contributed by atoms with E-state index in [4.69, 9.17) is 4.74 Å². The van der Waals surface area contributed by atoms with Crippen LogP contribution in [0.1, 0.15) is 35.6 Å². The maximum atomic E-state index is 12.9. The first-order valence-electron chi connectivity index (χ1n) is 11.5. The van der Waals surface area contributed by atoms with Crippen molar-refractivity contribution in [2.75, 3.05) is 37.0 Å². The van der Waals surface area contributed by atoms with Crippen LogP contribution < -0.4 is 10.2 Å². The van der Waals surface area contributed by atoms with Gasteiger partial charge in [0.1, 0.15) is 0 Å². The molecule has 1 aliphatic heterocycles. The lowest BCUT2D eigenvalue weighted by molar-refractivity contribution is -0.119. The number of morpholine rings is 1. The van der Waals surface area contributed by atoms with Crippen LogP contribution in [0.4, 0.5) is 5.95 Å². The number of thioether (sulfide) groups is 1. The minimum absolute atomic E-state index is 0.0214. The second-order valence-electron chi connectivity index (χ2n) is 8.55. The van der Waals surface area contributed by atoms with Gasteiger partial charge in [-0.3, -0.25) is 9.36 Å². The molecule has 33 heavy (non-hydrogen) atoms. The van der Waals surface area contributed by atoms with Crippen LogP contribution in [0.2, 0.25) is 0 Å². The number of nitrogens with zero attached hydrogens (tertiary/aromatic N) is 4. The molecule has 2 aromatic carbocycles. The van der Waals surface area contributed by atoms with Crippen molar-refractivity contribution >= 4 is 23.6 Å². The van der Waals surface area contributed by atoms with Gasteiger partial charge in [0.15, 0.2) is 5.16 Å². The van der Waals surface area contributed by atoms with E-state index in [0.29, 0.717) is 19.0 Å². The Hall–Kier alpha value is -2.84. The Morgan fingerprint density at radius 1 is 1.12 bits per heavy atom. The third-order valence-electron chi connectivity index (χ3n) is 6.24. The molecule has 5 rings (SSSR count). The predicted molar refractivity (Wildman–Crippen MR) is 130 cm³/mol. The van der Waals surface area contributed by atoms with E-state index in [1.54, 1.807) is 0 Å². The number of aryl methyl sites for hydroxylation is 2. The number of amides is 1. The Bertz CT molecular complexity index is 1110. The zero-order valence-corrected chi connectivity index (χ0v) is 19.7. The van der Waals surface area contributed by atoms with Crippen molar-refractivity contribution < 1.29 is 9.53 Å². The number of rotatable bonds is 6. The lowest BCUT2D eigenvalue weighted by Crippen LogP contribution is -2.37. The first-order valence-corrected chi connectivity index (χ1v) is 12.5. The summed E-state index contributed by atoms with van der Waals surface area (Å²) in [5, 5.41) is 12.9. The van der Waals surface area contributed by atoms with E-state index in [1.165, 1.54) is 28.5 Å². The Balaban J connectivity index is 1.32. The van der Waals surface area contributed by atoms with Crippen molar-refractivity contribution in [2.45, 2.75) is 37.4 Å². The summed E-state index contributed by atoms with van der Waals surface area (Å²) in [4.78, 5) is 15.1. The van der Waals surface area contributed by atoms with Crippen molar-refractivity contribution in [1.82, 2.24) is 20.1 Å². The number of carbonyl (C=O) groups is 1.